The predicted octanol–water partition coefficient (Wildman–Crippen LogP) is 4.12. The zero-order valence-electron chi connectivity index (χ0n) is 11.6. The molecule has 4 nitrogen and oxygen atoms in total. The van der Waals surface area contributed by atoms with Gasteiger partial charge in [0.2, 0.25) is 0 Å². The summed E-state index contributed by atoms with van der Waals surface area (Å²) >= 11 is 5.80. The first kappa shape index (κ1) is 14.7. The number of hydrogen-bond donors (Lipinski definition) is 2. The average molecular weight is 321 g/mol. The second-order valence-electron chi connectivity index (χ2n) is 4.98. The molecule has 1 heterocycles. The molecule has 1 aliphatic heterocycles. The lowest BCUT2D eigenvalue weighted by atomic mass is 10.0. The molecule has 1 unspecified atom stereocenters. The minimum Gasteiger partial charge on any atom is -0.493 e. The zero-order valence-corrected chi connectivity index (χ0v) is 12.4. The van der Waals surface area contributed by atoms with Crippen LogP contribution in [0.15, 0.2) is 42.5 Å². The van der Waals surface area contributed by atoms with Gasteiger partial charge >= 0.3 is 6.03 Å². The Morgan fingerprint density at radius 2 is 2.00 bits per heavy atom. The molecule has 2 aromatic rings. The fourth-order valence-electron chi connectivity index (χ4n) is 2.37. The maximum atomic E-state index is 13.4. The first-order chi connectivity index (χ1) is 10.6. The fraction of sp³-hybridized carbons (Fsp3) is 0.188. The van der Waals surface area contributed by atoms with Crippen molar-refractivity contribution in [1.29, 1.82) is 0 Å². The van der Waals surface area contributed by atoms with Crippen molar-refractivity contribution in [2.75, 3.05) is 11.9 Å². The van der Waals surface area contributed by atoms with Gasteiger partial charge in [0, 0.05) is 22.7 Å². The summed E-state index contributed by atoms with van der Waals surface area (Å²) in [6.07, 6.45) is 0.588. The lowest BCUT2D eigenvalue weighted by molar-refractivity contribution is 0.232. The van der Waals surface area contributed by atoms with Gasteiger partial charge in [-0.15, -0.1) is 0 Å². The van der Waals surface area contributed by atoms with Gasteiger partial charge in [-0.25, -0.2) is 9.18 Å². The number of nitrogens with one attached hydrogen (secondary N) is 2. The van der Waals surface area contributed by atoms with Crippen LogP contribution in [0, 0.1) is 5.82 Å². The van der Waals surface area contributed by atoms with E-state index in [2.05, 4.69) is 10.6 Å². The molecule has 2 amide bonds. The molecule has 0 bridgehead atoms. The van der Waals surface area contributed by atoms with E-state index in [1.165, 1.54) is 12.1 Å². The summed E-state index contributed by atoms with van der Waals surface area (Å²) < 4.78 is 18.9. The molecule has 0 saturated carbocycles. The summed E-state index contributed by atoms with van der Waals surface area (Å²) in [4.78, 5) is 12.1. The highest BCUT2D eigenvalue weighted by atomic mass is 35.5. The van der Waals surface area contributed by atoms with Gasteiger partial charge in [0.15, 0.2) is 0 Å². The van der Waals surface area contributed by atoms with Crippen LogP contribution in [-0.4, -0.2) is 12.6 Å². The van der Waals surface area contributed by atoms with Gasteiger partial charge in [0.05, 0.1) is 12.6 Å². The van der Waals surface area contributed by atoms with Crippen molar-refractivity contribution >= 4 is 23.3 Å². The fourth-order valence-corrected chi connectivity index (χ4v) is 2.50. The van der Waals surface area contributed by atoms with E-state index < -0.39 is 0 Å². The summed E-state index contributed by atoms with van der Waals surface area (Å²) in [5.41, 5.74) is 1.28. The molecule has 0 spiro atoms. The first-order valence-corrected chi connectivity index (χ1v) is 7.25. The van der Waals surface area contributed by atoms with Crippen LogP contribution in [0.4, 0.5) is 14.9 Å². The van der Waals surface area contributed by atoms with Crippen molar-refractivity contribution in [3.63, 3.8) is 0 Å². The normalized spacial score (nSPS) is 16.4. The average Bonchev–Trinajstić information content (AvgIpc) is 2.50. The van der Waals surface area contributed by atoms with Crippen LogP contribution in [-0.2, 0) is 0 Å². The number of rotatable bonds is 2. The molecule has 6 heteroatoms. The number of fused-ring (bicyclic) bond motifs is 1. The minimum absolute atomic E-state index is 0.285. The molecule has 114 valence electrons. The maximum absolute atomic E-state index is 13.4. The molecule has 22 heavy (non-hydrogen) atoms. The summed E-state index contributed by atoms with van der Waals surface area (Å²) in [5.74, 6) is 0.249. The van der Waals surface area contributed by atoms with Crippen molar-refractivity contribution < 1.29 is 13.9 Å². The minimum atomic E-state index is -0.357. The van der Waals surface area contributed by atoms with Gasteiger partial charge in [-0.05, 0) is 42.5 Å². The standard InChI is InChI=1S/C16H14ClFN2O2/c17-10-1-4-12(5-2-10)19-16(21)20-14-7-8-22-15-6-3-11(18)9-13(14)15/h1-6,9,14H,7-8H2,(H2,19,20,21). The number of hydrogen-bond acceptors (Lipinski definition) is 2. The zero-order chi connectivity index (χ0) is 15.5. The molecule has 3 rings (SSSR count). The Kier molecular flexibility index (Phi) is 4.15. The van der Waals surface area contributed by atoms with Gasteiger partial charge in [0.25, 0.3) is 0 Å². The lowest BCUT2D eigenvalue weighted by Gasteiger charge is -2.26. The van der Waals surface area contributed by atoms with Crippen molar-refractivity contribution in [2.45, 2.75) is 12.5 Å². The van der Waals surface area contributed by atoms with E-state index in [4.69, 9.17) is 16.3 Å². The molecule has 0 aliphatic carbocycles. The van der Waals surface area contributed by atoms with E-state index in [9.17, 15) is 9.18 Å². The van der Waals surface area contributed by atoms with Gasteiger partial charge in [-0.1, -0.05) is 11.6 Å². The third-order valence-corrected chi connectivity index (χ3v) is 3.67. The van der Waals surface area contributed by atoms with Gasteiger partial charge in [-0.2, -0.15) is 0 Å². The Labute approximate surface area is 132 Å². The van der Waals surface area contributed by atoms with Gasteiger partial charge in [0.1, 0.15) is 11.6 Å². The van der Waals surface area contributed by atoms with Crippen LogP contribution in [0.2, 0.25) is 5.02 Å². The van der Waals surface area contributed by atoms with Crippen molar-refractivity contribution in [3.8, 4) is 5.75 Å². The second kappa shape index (κ2) is 6.23. The Morgan fingerprint density at radius 3 is 2.77 bits per heavy atom. The highest BCUT2D eigenvalue weighted by Crippen LogP contribution is 2.32. The van der Waals surface area contributed by atoms with E-state index in [1.54, 1.807) is 30.3 Å². The number of amides is 2. The third kappa shape index (κ3) is 3.31. The van der Waals surface area contributed by atoms with E-state index in [0.717, 1.165) is 0 Å². The third-order valence-electron chi connectivity index (χ3n) is 3.42. The monoisotopic (exact) mass is 320 g/mol. The predicted molar refractivity (Wildman–Crippen MR) is 82.9 cm³/mol. The van der Waals surface area contributed by atoms with Crippen molar-refractivity contribution in [1.82, 2.24) is 5.32 Å². The Bertz CT molecular complexity index is 691. The molecular formula is C16H14ClFN2O2. The van der Waals surface area contributed by atoms with Crippen LogP contribution >= 0.6 is 11.6 Å². The molecular weight excluding hydrogens is 307 g/mol. The van der Waals surface area contributed by atoms with Crippen molar-refractivity contribution in [3.05, 3.63) is 58.9 Å². The molecule has 0 radical (unpaired) electrons. The van der Waals surface area contributed by atoms with Crippen LogP contribution in [0.5, 0.6) is 5.75 Å². The molecule has 0 saturated heterocycles. The van der Waals surface area contributed by atoms with E-state index in [1.807, 2.05) is 0 Å². The number of urea groups is 1. The van der Waals surface area contributed by atoms with Crippen LogP contribution in [0.25, 0.3) is 0 Å². The van der Waals surface area contributed by atoms with E-state index in [0.29, 0.717) is 35.1 Å². The number of carbonyl (C=O) groups excluding carboxylic acids is 1. The van der Waals surface area contributed by atoms with Crippen LogP contribution in [0.3, 0.4) is 0 Å². The Morgan fingerprint density at radius 1 is 1.23 bits per heavy atom. The highest BCUT2D eigenvalue weighted by Gasteiger charge is 2.23. The summed E-state index contributed by atoms with van der Waals surface area (Å²) in [6, 6.07) is 10.5. The summed E-state index contributed by atoms with van der Waals surface area (Å²) in [6.45, 7) is 0.477. The topological polar surface area (TPSA) is 50.4 Å². The first-order valence-electron chi connectivity index (χ1n) is 6.87. The highest BCUT2D eigenvalue weighted by molar-refractivity contribution is 6.30. The maximum Gasteiger partial charge on any atom is 0.319 e. The molecule has 1 aliphatic rings. The summed E-state index contributed by atoms with van der Waals surface area (Å²) in [7, 11) is 0. The van der Waals surface area contributed by atoms with E-state index >= 15 is 0 Å². The molecule has 0 fully saturated rings. The van der Waals surface area contributed by atoms with Gasteiger partial charge in [-0.3, -0.25) is 0 Å². The number of halogens is 2. The second-order valence-corrected chi connectivity index (χ2v) is 5.41. The van der Waals surface area contributed by atoms with Crippen LogP contribution < -0.4 is 15.4 Å². The Hall–Kier alpha value is -2.27. The Balaban J connectivity index is 1.70. The lowest BCUT2D eigenvalue weighted by Crippen LogP contribution is -2.35. The SMILES string of the molecule is O=C(Nc1ccc(Cl)cc1)NC1CCOc2ccc(F)cc21. The van der Waals surface area contributed by atoms with E-state index in [-0.39, 0.29) is 17.9 Å². The smallest absolute Gasteiger partial charge is 0.319 e. The number of carbonyl (C=O) groups is 1. The largest absolute Gasteiger partial charge is 0.493 e. The number of anilines is 1. The quantitative estimate of drug-likeness (QED) is 0.874. The van der Waals surface area contributed by atoms with Crippen molar-refractivity contribution in [2.24, 2.45) is 0 Å². The molecule has 2 N–H and O–H groups in total. The number of ether oxygens (including phenoxy) is 1. The number of benzene rings is 2. The van der Waals surface area contributed by atoms with Crippen LogP contribution in [0.1, 0.15) is 18.0 Å². The molecule has 0 aromatic heterocycles. The molecule has 1 atom stereocenters. The summed E-state index contributed by atoms with van der Waals surface area (Å²) in [5, 5.41) is 6.15. The van der Waals surface area contributed by atoms with Gasteiger partial charge < -0.3 is 15.4 Å². The molecule has 2 aromatic carbocycles.